The second-order valence-electron chi connectivity index (χ2n) is 6.44. The monoisotopic (exact) mass is 378 g/mol. The van der Waals surface area contributed by atoms with Crippen molar-refractivity contribution in [2.24, 2.45) is 5.73 Å². The summed E-state index contributed by atoms with van der Waals surface area (Å²) < 4.78 is 6.95. The van der Waals surface area contributed by atoms with Crippen LogP contribution in [-0.4, -0.2) is 38.2 Å². The van der Waals surface area contributed by atoms with Gasteiger partial charge in [-0.2, -0.15) is 9.78 Å². The van der Waals surface area contributed by atoms with E-state index >= 15 is 0 Å². The molecule has 3 N–H and O–H groups in total. The molecule has 0 bridgehead atoms. The van der Waals surface area contributed by atoms with Crippen molar-refractivity contribution in [3.63, 3.8) is 0 Å². The number of carbonyl (C=O) groups is 2. The second-order valence-corrected chi connectivity index (χ2v) is 6.44. The Kier molecular flexibility index (Phi) is 4.48. The Labute approximate surface area is 160 Å². The molecule has 1 aromatic carbocycles. The number of primary amides is 1. The molecular weight excluding hydrogens is 360 g/mol. The number of aryl methyl sites for hydroxylation is 1. The lowest BCUT2D eigenvalue weighted by Gasteiger charge is -2.24. The van der Waals surface area contributed by atoms with Crippen molar-refractivity contribution in [3.05, 3.63) is 59.5 Å². The van der Waals surface area contributed by atoms with Gasteiger partial charge in [0.25, 0.3) is 11.9 Å². The predicted octanol–water partition coefficient (Wildman–Crippen LogP) is 1.31. The molecule has 1 aliphatic heterocycles. The molecule has 0 saturated carbocycles. The Morgan fingerprint density at radius 3 is 2.86 bits per heavy atom. The van der Waals surface area contributed by atoms with Gasteiger partial charge in [0.05, 0.1) is 5.69 Å². The minimum absolute atomic E-state index is 0.127. The molecule has 3 heterocycles. The minimum atomic E-state index is -0.551. The van der Waals surface area contributed by atoms with Crippen LogP contribution in [-0.2, 0) is 9.59 Å². The number of anilines is 1. The van der Waals surface area contributed by atoms with Crippen LogP contribution >= 0.6 is 0 Å². The van der Waals surface area contributed by atoms with E-state index in [0.717, 1.165) is 16.8 Å². The summed E-state index contributed by atoms with van der Waals surface area (Å²) in [7, 11) is 0. The molecule has 0 fully saturated rings. The first-order chi connectivity index (χ1) is 13.5. The molecule has 3 aromatic rings. The van der Waals surface area contributed by atoms with Gasteiger partial charge in [-0.3, -0.25) is 9.59 Å². The summed E-state index contributed by atoms with van der Waals surface area (Å²) in [5, 5.41) is 7.43. The highest BCUT2D eigenvalue weighted by Gasteiger charge is 2.33. The number of hydrogen-bond acceptors (Lipinski definition) is 6. The molecular formula is C19H18N6O3. The lowest BCUT2D eigenvalue weighted by atomic mass is 9.86. The van der Waals surface area contributed by atoms with Crippen molar-refractivity contribution in [3.8, 4) is 11.7 Å². The number of nitrogens with zero attached hydrogens (tertiary/aromatic N) is 4. The fourth-order valence-electron chi connectivity index (χ4n) is 3.35. The van der Waals surface area contributed by atoms with E-state index in [9.17, 15) is 9.59 Å². The van der Waals surface area contributed by atoms with Crippen molar-refractivity contribution in [1.82, 2.24) is 19.7 Å². The maximum Gasteiger partial charge on any atom is 0.255 e. The molecule has 2 aromatic heterocycles. The van der Waals surface area contributed by atoms with E-state index in [1.807, 2.05) is 25.1 Å². The highest BCUT2D eigenvalue weighted by atomic mass is 16.5. The summed E-state index contributed by atoms with van der Waals surface area (Å²) in [6, 6.07) is 9.00. The summed E-state index contributed by atoms with van der Waals surface area (Å²) in [5.74, 6) is 0.570. The first kappa shape index (κ1) is 17.7. The lowest BCUT2D eigenvalue weighted by molar-refractivity contribution is -0.120. The van der Waals surface area contributed by atoms with Crippen LogP contribution < -0.4 is 15.8 Å². The number of ether oxygens (including phenoxy) is 1. The third kappa shape index (κ3) is 3.29. The van der Waals surface area contributed by atoms with Crippen molar-refractivity contribution in [2.75, 3.05) is 11.9 Å². The van der Waals surface area contributed by atoms with Gasteiger partial charge in [0.2, 0.25) is 5.91 Å². The van der Waals surface area contributed by atoms with E-state index in [2.05, 4.69) is 20.4 Å². The van der Waals surface area contributed by atoms with Gasteiger partial charge >= 0.3 is 0 Å². The highest BCUT2D eigenvalue weighted by molar-refractivity contribution is 5.95. The van der Waals surface area contributed by atoms with Crippen molar-refractivity contribution in [1.29, 1.82) is 0 Å². The number of fused-ring (bicyclic) bond motifs is 1. The van der Waals surface area contributed by atoms with Crippen LogP contribution in [0.3, 0.4) is 0 Å². The third-order valence-corrected chi connectivity index (χ3v) is 4.49. The average molecular weight is 378 g/mol. The van der Waals surface area contributed by atoms with Gasteiger partial charge in [-0.05, 0) is 30.7 Å². The van der Waals surface area contributed by atoms with Crippen LogP contribution in [0.1, 0.15) is 29.2 Å². The van der Waals surface area contributed by atoms with Crippen LogP contribution in [0.5, 0.6) is 5.75 Å². The number of aromatic nitrogens is 4. The number of rotatable bonds is 5. The van der Waals surface area contributed by atoms with Crippen molar-refractivity contribution < 1.29 is 14.3 Å². The highest BCUT2D eigenvalue weighted by Crippen LogP contribution is 2.40. The Morgan fingerprint density at radius 2 is 2.11 bits per heavy atom. The van der Waals surface area contributed by atoms with Gasteiger partial charge in [-0.15, -0.1) is 0 Å². The van der Waals surface area contributed by atoms with E-state index in [1.165, 1.54) is 0 Å². The molecule has 9 heteroatoms. The van der Waals surface area contributed by atoms with Crippen molar-refractivity contribution in [2.45, 2.75) is 19.3 Å². The Bertz CT molecular complexity index is 1050. The van der Waals surface area contributed by atoms with Crippen LogP contribution in [0, 0.1) is 6.92 Å². The lowest BCUT2D eigenvalue weighted by Crippen LogP contribution is -2.25. The Balaban J connectivity index is 1.76. The van der Waals surface area contributed by atoms with E-state index < -0.39 is 5.91 Å². The zero-order valence-corrected chi connectivity index (χ0v) is 15.1. The molecule has 2 amide bonds. The van der Waals surface area contributed by atoms with Gasteiger partial charge in [0, 0.05) is 30.3 Å². The molecule has 28 heavy (non-hydrogen) atoms. The Morgan fingerprint density at radius 1 is 1.32 bits per heavy atom. The van der Waals surface area contributed by atoms with Gasteiger partial charge < -0.3 is 15.8 Å². The normalized spacial score (nSPS) is 15.6. The van der Waals surface area contributed by atoms with Crippen LogP contribution in [0.4, 0.5) is 5.82 Å². The maximum absolute atomic E-state index is 12.4. The number of carbonyl (C=O) groups excluding carboxylic acids is 2. The molecule has 142 valence electrons. The number of nitrogens with two attached hydrogens (primary N) is 1. The molecule has 0 spiro atoms. The fourth-order valence-corrected chi connectivity index (χ4v) is 3.35. The quantitative estimate of drug-likeness (QED) is 0.689. The molecule has 0 saturated heterocycles. The standard InChI is InChI=1S/C19H18N6O3/c1-11-17-14(12-4-2-5-13(8-12)28-10-15(20)26)9-16(27)23-18(17)25(24-11)19-21-6-3-7-22-19/h2-8,14H,9-10H2,1H3,(H2,20,26)(H,23,27)/t14-/m0/s1. The first-order valence-corrected chi connectivity index (χ1v) is 8.70. The van der Waals surface area contributed by atoms with Gasteiger partial charge in [0.1, 0.15) is 11.6 Å². The smallest absolute Gasteiger partial charge is 0.255 e. The molecule has 0 radical (unpaired) electrons. The summed E-state index contributed by atoms with van der Waals surface area (Å²) in [5.41, 5.74) is 7.70. The van der Waals surface area contributed by atoms with E-state index in [4.69, 9.17) is 10.5 Å². The third-order valence-electron chi connectivity index (χ3n) is 4.49. The molecule has 0 unspecified atom stereocenters. The molecule has 9 nitrogen and oxygen atoms in total. The number of benzene rings is 1. The van der Waals surface area contributed by atoms with Crippen molar-refractivity contribution >= 4 is 17.6 Å². The largest absolute Gasteiger partial charge is 0.484 e. The maximum atomic E-state index is 12.4. The fraction of sp³-hybridized carbons (Fsp3) is 0.211. The van der Waals surface area contributed by atoms with E-state index in [0.29, 0.717) is 17.5 Å². The summed E-state index contributed by atoms with van der Waals surface area (Å²) in [6.45, 7) is 1.68. The minimum Gasteiger partial charge on any atom is -0.484 e. The Hall–Kier alpha value is -3.75. The summed E-state index contributed by atoms with van der Waals surface area (Å²) >= 11 is 0. The molecule has 1 aliphatic rings. The zero-order valence-electron chi connectivity index (χ0n) is 15.1. The number of amides is 2. The van der Waals surface area contributed by atoms with Gasteiger partial charge in [0.15, 0.2) is 6.61 Å². The van der Waals surface area contributed by atoms with E-state index in [1.54, 1.807) is 29.2 Å². The topological polar surface area (TPSA) is 125 Å². The first-order valence-electron chi connectivity index (χ1n) is 8.70. The zero-order chi connectivity index (χ0) is 19.7. The van der Waals surface area contributed by atoms with E-state index in [-0.39, 0.29) is 24.9 Å². The summed E-state index contributed by atoms with van der Waals surface area (Å²) in [6.07, 6.45) is 3.51. The molecule has 4 rings (SSSR count). The van der Waals surface area contributed by atoms with Gasteiger partial charge in [-0.1, -0.05) is 12.1 Å². The average Bonchev–Trinajstić information content (AvgIpc) is 3.03. The molecule has 1 atom stereocenters. The molecule has 0 aliphatic carbocycles. The summed E-state index contributed by atoms with van der Waals surface area (Å²) in [4.78, 5) is 31.8. The van der Waals surface area contributed by atoms with Crippen LogP contribution in [0.15, 0.2) is 42.7 Å². The van der Waals surface area contributed by atoms with Crippen LogP contribution in [0.2, 0.25) is 0 Å². The number of nitrogens with one attached hydrogen (secondary N) is 1. The second kappa shape index (κ2) is 7.10. The van der Waals surface area contributed by atoms with Gasteiger partial charge in [-0.25, -0.2) is 9.97 Å². The number of hydrogen-bond donors (Lipinski definition) is 2. The van der Waals surface area contributed by atoms with Crippen LogP contribution in [0.25, 0.3) is 5.95 Å². The predicted molar refractivity (Wildman–Crippen MR) is 100 cm³/mol. The SMILES string of the molecule is Cc1nn(-c2ncccn2)c2c1[C@H](c1cccc(OCC(N)=O)c1)CC(=O)N2.